The lowest BCUT2D eigenvalue weighted by Gasteiger charge is -2.18. The van der Waals surface area contributed by atoms with Gasteiger partial charge in [-0.25, -0.2) is 9.78 Å². The molecular formula is C18H20N2O4. The molecule has 126 valence electrons. The van der Waals surface area contributed by atoms with E-state index in [1.165, 1.54) is 12.1 Å². The van der Waals surface area contributed by atoms with E-state index < -0.39 is 5.97 Å². The molecule has 0 aliphatic carbocycles. The highest BCUT2D eigenvalue weighted by Gasteiger charge is 2.16. The predicted octanol–water partition coefficient (Wildman–Crippen LogP) is 2.60. The second-order valence-corrected chi connectivity index (χ2v) is 5.20. The van der Waals surface area contributed by atoms with E-state index in [-0.39, 0.29) is 23.3 Å². The van der Waals surface area contributed by atoms with Gasteiger partial charge in [-0.15, -0.1) is 0 Å². The molecule has 1 unspecified atom stereocenters. The number of ether oxygens (including phenoxy) is 1. The zero-order valence-electron chi connectivity index (χ0n) is 13.7. The third-order valence-electron chi connectivity index (χ3n) is 3.54. The number of carbonyl (C=O) groups is 2. The number of aromatic carboxylic acids is 1. The van der Waals surface area contributed by atoms with Gasteiger partial charge in [-0.2, -0.15) is 0 Å². The van der Waals surface area contributed by atoms with Crippen molar-refractivity contribution < 1.29 is 19.4 Å². The van der Waals surface area contributed by atoms with Crippen molar-refractivity contribution in [1.29, 1.82) is 0 Å². The first-order chi connectivity index (χ1) is 11.5. The molecule has 0 aliphatic heterocycles. The van der Waals surface area contributed by atoms with Crippen LogP contribution in [0.5, 0.6) is 0 Å². The van der Waals surface area contributed by atoms with E-state index in [0.717, 1.165) is 5.56 Å². The summed E-state index contributed by atoms with van der Waals surface area (Å²) in [6.45, 7) is 4.29. The molecule has 1 heterocycles. The van der Waals surface area contributed by atoms with Gasteiger partial charge in [0.2, 0.25) is 0 Å². The summed E-state index contributed by atoms with van der Waals surface area (Å²) in [5.41, 5.74) is 1.55. The van der Waals surface area contributed by atoms with Crippen LogP contribution in [0.25, 0.3) is 0 Å². The van der Waals surface area contributed by atoms with Crippen LogP contribution in [0, 0.1) is 6.92 Å². The molecule has 1 atom stereocenters. The number of carbonyl (C=O) groups excluding carboxylic acids is 1. The molecule has 0 bridgehead atoms. The van der Waals surface area contributed by atoms with Gasteiger partial charge in [0.15, 0.2) is 0 Å². The fourth-order valence-electron chi connectivity index (χ4n) is 2.33. The normalized spacial score (nSPS) is 11.8. The van der Waals surface area contributed by atoms with E-state index in [1.807, 2.05) is 37.3 Å². The number of pyridine rings is 1. The van der Waals surface area contributed by atoms with Gasteiger partial charge in [0.25, 0.3) is 5.91 Å². The molecule has 0 radical (unpaired) electrons. The van der Waals surface area contributed by atoms with Crippen LogP contribution in [0.1, 0.15) is 45.1 Å². The van der Waals surface area contributed by atoms with Crippen LogP contribution in [0.4, 0.5) is 0 Å². The maximum atomic E-state index is 12.2. The molecule has 24 heavy (non-hydrogen) atoms. The Morgan fingerprint density at radius 3 is 2.50 bits per heavy atom. The first kappa shape index (κ1) is 17.6. The molecule has 0 fully saturated rings. The first-order valence-electron chi connectivity index (χ1n) is 7.68. The number of nitrogens with one attached hydrogen (secondary N) is 1. The van der Waals surface area contributed by atoms with Crippen LogP contribution in [0.2, 0.25) is 0 Å². The van der Waals surface area contributed by atoms with Gasteiger partial charge < -0.3 is 15.2 Å². The van der Waals surface area contributed by atoms with E-state index in [4.69, 9.17) is 9.84 Å². The highest BCUT2D eigenvalue weighted by molar-refractivity contribution is 5.94. The van der Waals surface area contributed by atoms with Gasteiger partial charge in [0.1, 0.15) is 5.69 Å². The number of carboxylic acid groups (broad SMARTS) is 1. The largest absolute Gasteiger partial charge is 0.478 e. The molecule has 0 saturated carbocycles. The maximum Gasteiger partial charge on any atom is 0.337 e. The molecule has 0 aliphatic rings. The molecule has 6 nitrogen and oxygen atoms in total. The molecule has 1 aromatic heterocycles. The average Bonchev–Trinajstić information content (AvgIpc) is 2.58. The number of carboxylic acids is 1. The smallest absolute Gasteiger partial charge is 0.337 e. The minimum absolute atomic E-state index is 0.0861. The summed E-state index contributed by atoms with van der Waals surface area (Å²) in [6.07, 6.45) is -0.250. The number of aryl methyl sites for hydroxylation is 1. The Morgan fingerprint density at radius 2 is 1.92 bits per heavy atom. The lowest BCUT2D eigenvalue weighted by Crippen LogP contribution is -2.30. The highest BCUT2D eigenvalue weighted by Crippen LogP contribution is 2.16. The Balaban J connectivity index is 2.06. The molecule has 1 aromatic carbocycles. The predicted molar refractivity (Wildman–Crippen MR) is 89.1 cm³/mol. The second-order valence-electron chi connectivity index (χ2n) is 5.20. The van der Waals surface area contributed by atoms with E-state index in [2.05, 4.69) is 10.3 Å². The summed E-state index contributed by atoms with van der Waals surface area (Å²) >= 11 is 0. The van der Waals surface area contributed by atoms with Crippen molar-refractivity contribution in [3.63, 3.8) is 0 Å². The summed E-state index contributed by atoms with van der Waals surface area (Å²) in [7, 11) is 0. The number of hydrogen-bond acceptors (Lipinski definition) is 4. The zero-order chi connectivity index (χ0) is 17.5. The van der Waals surface area contributed by atoms with Crippen LogP contribution in [0.3, 0.4) is 0 Å². The lowest BCUT2D eigenvalue weighted by molar-refractivity contribution is 0.0584. The number of amides is 1. The standard InChI is InChI=1S/C18H20N2O4/c1-3-24-16(13-7-5-4-6-8-13)11-19-17(21)15-10-9-14(18(22)23)12(2)20-15/h4-10,16H,3,11H2,1-2H3,(H,19,21)(H,22,23). The van der Waals surface area contributed by atoms with Crippen molar-refractivity contribution in [2.75, 3.05) is 13.2 Å². The van der Waals surface area contributed by atoms with E-state index in [9.17, 15) is 9.59 Å². The molecule has 6 heteroatoms. The summed E-state index contributed by atoms with van der Waals surface area (Å²) in [5.74, 6) is -1.43. The summed E-state index contributed by atoms with van der Waals surface area (Å²) in [4.78, 5) is 27.3. The number of hydrogen-bond donors (Lipinski definition) is 2. The van der Waals surface area contributed by atoms with Gasteiger partial charge in [-0.05, 0) is 31.5 Å². The minimum Gasteiger partial charge on any atom is -0.478 e. The van der Waals surface area contributed by atoms with Crippen molar-refractivity contribution in [1.82, 2.24) is 10.3 Å². The van der Waals surface area contributed by atoms with E-state index in [1.54, 1.807) is 6.92 Å². The van der Waals surface area contributed by atoms with E-state index >= 15 is 0 Å². The maximum absolute atomic E-state index is 12.2. The first-order valence-corrected chi connectivity index (χ1v) is 7.68. The quantitative estimate of drug-likeness (QED) is 0.815. The monoisotopic (exact) mass is 328 g/mol. The number of aromatic nitrogens is 1. The molecule has 2 N–H and O–H groups in total. The SMILES string of the molecule is CCOC(CNC(=O)c1ccc(C(=O)O)c(C)n1)c1ccccc1. The van der Waals surface area contributed by atoms with Gasteiger partial charge in [0.05, 0.1) is 17.4 Å². The van der Waals surface area contributed by atoms with Crippen molar-refractivity contribution >= 4 is 11.9 Å². The van der Waals surface area contributed by atoms with Crippen molar-refractivity contribution in [2.24, 2.45) is 0 Å². The summed E-state index contributed by atoms with van der Waals surface area (Å²) in [6, 6.07) is 12.4. The topological polar surface area (TPSA) is 88.5 Å². The number of benzene rings is 1. The van der Waals surface area contributed by atoms with Crippen LogP contribution in [-0.4, -0.2) is 35.1 Å². The Kier molecular flexibility index (Phi) is 6.03. The molecule has 2 aromatic rings. The third kappa shape index (κ3) is 4.39. The van der Waals surface area contributed by atoms with Gasteiger partial charge in [-0.3, -0.25) is 4.79 Å². The molecule has 2 rings (SSSR count). The number of nitrogens with zero attached hydrogens (tertiary/aromatic N) is 1. The fraction of sp³-hybridized carbons (Fsp3) is 0.278. The Labute approximate surface area is 140 Å². The second kappa shape index (κ2) is 8.21. The average molecular weight is 328 g/mol. The van der Waals surface area contributed by atoms with Gasteiger partial charge >= 0.3 is 5.97 Å². The summed E-state index contributed by atoms with van der Waals surface area (Å²) in [5, 5.41) is 11.8. The van der Waals surface area contributed by atoms with Gasteiger partial charge in [0, 0.05) is 13.2 Å². The van der Waals surface area contributed by atoms with Crippen LogP contribution in [0.15, 0.2) is 42.5 Å². The summed E-state index contributed by atoms with van der Waals surface area (Å²) < 4.78 is 5.68. The third-order valence-corrected chi connectivity index (χ3v) is 3.54. The Hall–Kier alpha value is -2.73. The van der Waals surface area contributed by atoms with Crippen molar-refractivity contribution in [3.05, 3.63) is 65.0 Å². The van der Waals surface area contributed by atoms with Crippen molar-refractivity contribution in [2.45, 2.75) is 20.0 Å². The van der Waals surface area contributed by atoms with E-state index in [0.29, 0.717) is 18.8 Å². The lowest BCUT2D eigenvalue weighted by atomic mass is 10.1. The molecule has 1 amide bonds. The number of rotatable bonds is 7. The zero-order valence-corrected chi connectivity index (χ0v) is 13.7. The van der Waals surface area contributed by atoms with Crippen molar-refractivity contribution in [3.8, 4) is 0 Å². The fourth-order valence-corrected chi connectivity index (χ4v) is 2.33. The van der Waals surface area contributed by atoms with Crippen LogP contribution < -0.4 is 5.32 Å². The minimum atomic E-state index is -1.06. The molecule has 0 spiro atoms. The Morgan fingerprint density at radius 1 is 1.21 bits per heavy atom. The highest BCUT2D eigenvalue weighted by atomic mass is 16.5. The van der Waals surface area contributed by atoms with Crippen LogP contribution in [-0.2, 0) is 4.74 Å². The Bertz CT molecular complexity index is 716. The van der Waals surface area contributed by atoms with Crippen LogP contribution >= 0.6 is 0 Å². The van der Waals surface area contributed by atoms with Gasteiger partial charge in [-0.1, -0.05) is 30.3 Å². The molecule has 0 saturated heterocycles. The molecular weight excluding hydrogens is 308 g/mol.